The Morgan fingerprint density at radius 2 is 1.80 bits per heavy atom. The van der Waals surface area contributed by atoms with Gasteiger partial charge in [0.25, 0.3) is 0 Å². The Kier molecular flexibility index (Phi) is 6.42. The fourth-order valence-electron chi connectivity index (χ4n) is 2.93. The van der Waals surface area contributed by atoms with Gasteiger partial charge in [-0.25, -0.2) is 13.1 Å². The number of nitrogens with one attached hydrogen (secondary N) is 1. The molecule has 0 spiro atoms. The molecule has 140 valence electrons. The highest BCUT2D eigenvalue weighted by molar-refractivity contribution is 7.89. The molecule has 1 amide bonds. The number of piperazine rings is 1. The molecule has 8 heteroatoms. The Hall–Kier alpha value is -1.64. The van der Waals surface area contributed by atoms with Crippen LogP contribution in [0, 0.1) is 13.8 Å². The highest BCUT2D eigenvalue weighted by Gasteiger charge is 2.23. The van der Waals surface area contributed by atoms with Crippen molar-refractivity contribution in [3.63, 3.8) is 0 Å². The first-order valence-corrected chi connectivity index (χ1v) is 9.91. The van der Waals surface area contributed by atoms with Gasteiger partial charge >= 0.3 is 0 Å². The number of likely N-dealkylation sites (N-methyl/N-ethyl adjacent to an activating group) is 1. The summed E-state index contributed by atoms with van der Waals surface area (Å²) in [7, 11) is -2.20. The zero-order chi connectivity index (χ0) is 18.6. The number of carbonyl (C=O) groups excluding carboxylic acids is 1. The maximum absolute atomic E-state index is 12.6. The first-order chi connectivity index (χ1) is 11.8. The molecule has 0 bridgehead atoms. The van der Waals surface area contributed by atoms with Crippen LogP contribution in [0.15, 0.2) is 17.0 Å². The summed E-state index contributed by atoms with van der Waals surface area (Å²) in [6.45, 7) is 9.24. The monoisotopic (exact) mass is 369 g/mol. The van der Waals surface area contributed by atoms with Crippen molar-refractivity contribution in [3.8, 4) is 5.75 Å². The van der Waals surface area contributed by atoms with E-state index in [0.717, 1.165) is 25.2 Å². The summed E-state index contributed by atoms with van der Waals surface area (Å²) >= 11 is 0. The Morgan fingerprint density at radius 3 is 2.36 bits per heavy atom. The largest absolute Gasteiger partial charge is 0.496 e. The lowest BCUT2D eigenvalue weighted by Gasteiger charge is -2.34. The van der Waals surface area contributed by atoms with Crippen LogP contribution < -0.4 is 9.46 Å². The maximum atomic E-state index is 12.6. The van der Waals surface area contributed by atoms with Crippen LogP contribution in [0.1, 0.15) is 18.1 Å². The molecule has 0 saturated carbocycles. The van der Waals surface area contributed by atoms with Crippen LogP contribution in [0.5, 0.6) is 5.75 Å². The summed E-state index contributed by atoms with van der Waals surface area (Å²) < 4.78 is 32.8. The number of hydrogen-bond donors (Lipinski definition) is 1. The molecule has 0 radical (unpaired) electrons. The molecule has 1 saturated heterocycles. The molecule has 1 aromatic carbocycles. The van der Waals surface area contributed by atoms with E-state index in [4.69, 9.17) is 4.74 Å². The molecule has 0 aromatic heterocycles. The van der Waals surface area contributed by atoms with Gasteiger partial charge in [-0.05, 0) is 43.7 Å². The summed E-state index contributed by atoms with van der Waals surface area (Å²) in [5, 5.41) is 0. The van der Waals surface area contributed by atoms with E-state index in [2.05, 4.69) is 16.5 Å². The van der Waals surface area contributed by atoms with E-state index in [-0.39, 0.29) is 17.3 Å². The molecule has 1 aromatic rings. The van der Waals surface area contributed by atoms with Crippen LogP contribution in [0.25, 0.3) is 0 Å². The molecule has 1 aliphatic rings. The number of carbonyl (C=O) groups is 1. The van der Waals surface area contributed by atoms with E-state index in [1.54, 1.807) is 38.0 Å². The summed E-state index contributed by atoms with van der Waals surface area (Å²) in [6.07, 6.45) is 0. The van der Waals surface area contributed by atoms with Crippen LogP contribution in [-0.2, 0) is 14.8 Å². The molecule has 25 heavy (non-hydrogen) atoms. The Morgan fingerprint density at radius 1 is 1.16 bits per heavy atom. The SMILES string of the molecule is CCN1CCN(C(=O)CNS(=O)(=O)c2cc(C)c(OC)cc2C)CC1. The number of sulfonamides is 1. The zero-order valence-electron chi connectivity index (χ0n) is 15.3. The van der Waals surface area contributed by atoms with Crippen molar-refractivity contribution < 1.29 is 17.9 Å². The second kappa shape index (κ2) is 8.16. The van der Waals surface area contributed by atoms with Crippen molar-refractivity contribution in [2.45, 2.75) is 25.7 Å². The molecule has 0 atom stereocenters. The van der Waals surface area contributed by atoms with E-state index in [0.29, 0.717) is 24.4 Å². The van der Waals surface area contributed by atoms with Crippen molar-refractivity contribution in [2.24, 2.45) is 0 Å². The van der Waals surface area contributed by atoms with E-state index in [9.17, 15) is 13.2 Å². The van der Waals surface area contributed by atoms with Crippen molar-refractivity contribution >= 4 is 15.9 Å². The van der Waals surface area contributed by atoms with Gasteiger partial charge in [0.05, 0.1) is 18.6 Å². The summed E-state index contributed by atoms with van der Waals surface area (Å²) in [5.41, 5.74) is 1.31. The zero-order valence-corrected chi connectivity index (χ0v) is 16.1. The first kappa shape index (κ1) is 19.7. The Labute approximate surface area is 150 Å². The highest BCUT2D eigenvalue weighted by Crippen LogP contribution is 2.25. The van der Waals surface area contributed by atoms with E-state index < -0.39 is 10.0 Å². The van der Waals surface area contributed by atoms with Gasteiger partial charge in [-0.2, -0.15) is 0 Å². The molecular weight excluding hydrogens is 342 g/mol. The van der Waals surface area contributed by atoms with Crippen molar-refractivity contribution in [1.29, 1.82) is 0 Å². The van der Waals surface area contributed by atoms with Crippen LogP contribution in [0.2, 0.25) is 0 Å². The van der Waals surface area contributed by atoms with Crippen LogP contribution >= 0.6 is 0 Å². The molecule has 7 nitrogen and oxygen atoms in total. The third kappa shape index (κ3) is 4.71. The number of methoxy groups -OCH3 is 1. The van der Waals surface area contributed by atoms with Gasteiger partial charge in [0.2, 0.25) is 15.9 Å². The van der Waals surface area contributed by atoms with Crippen LogP contribution in [0.4, 0.5) is 0 Å². The normalized spacial score (nSPS) is 16.1. The molecule has 1 heterocycles. The fourth-order valence-corrected chi connectivity index (χ4v) is 4.22. The third-order valence-electron chi connectivity index (χ3n) is 4.57. The van der Waals surface area contributed by atoms with Crippen molar-refractivity contribution in [2.75, 3.05) is 46.4 Å². The van der Waals surface area contributed by atoms with Crippen molar-refractivity contribution in [1.82, 2.24) is 14.5 Å². The van der Waals surface area contributed by atoms with Crippen LogP contribution in [0.3, 0.4) is 0 Å². The summed E-state index contributed by atoms with van der Waals surface area (Å²) in [4.78, 5) is 16.4. The average Bonchev–Trinajstić information content (AvgIpc) is 2.61. The molecule has 0 unspecified atom stereocenters. The predicted molar refractivity (Wildman–Crippen MR) is 96.4 cm³/mol. The first-order valence-electron chi connectivity index (χ1n) is 8.43. The number of amides is 1. The molecule has 1 fully saturated rings. The predicted octanol–water partition coefficient (Wildman–Crippen LogP) is 0.754. The Bertz CT molecular complexity index is 726. The number of aryl methyl sites for hydroxylation is 2. The highest BCUT2D eigenvalue weighted by atomic mass is 32.2. The molecule has 1 aliphatic heterocycles. The minimum absolute atomic E-state index is 0.175. The number of ether oxygens (including phenoxy) is 1. The third-order valence-corrected chi connectivity index (χ3v) is 6.11. The number of benzene rings is 1. The number of nitrogens with zero attached hydrogens (tertiary/aromatic N) is 2. The van der Waals surface area contributed by atoms with Gasteiger partial charge < -0.3 is 14.5 Å². The lowest BCUT2D eigenvalue weighted by Crippen LogP contribution is -2.51. The standard InChI is InChI=1S/C17H27N3O4S/c1-5-19-6-8-20(9-7-19)17(21)12-18-25(22,23)16-11-13(2)15(24-4)10-14(16)3/h10-11,18H,5-9,12H2,1-4H3. The molecule has 0 aliphatic carbocycles. The van der Waals surface area contributed by atoms with Gasteiger partial charge in [-0.15, -0.1) is 0 Å². The van der Waals surface area contributed by atoms with E-state index in [1.807, 2.05) is 0 Å². The van der Waals surface area contributed by atoms with Gasteiger partial charge in [0.1, 0.15) is 5.75 Å². The summed E-state index contributed by atoms with van der Waals surface area (Å²) in [5.74, 6) is 0.448. The van der Waals surface area contributed by atoms with Crippen LogP contribution in [-0.4, -0.2) is 70.5 Å². The number of hydrogen-bond acceptors (Lipinski definition) is 5. The maximum Gasteiger partial charge on any atom is 0.241 e. The van der Waals surface area contributed by atoms with Gasteiger partial charge in [-0.1, -0.05) is 6.92 Å². The lowest BCUT2D eigenvalue weighted by molar-refractivity contribution is -0.131. The Balaban J connectivity index is 2.02. The summed E-state index contributed by atoms with van der Waals surface area (Å²) in [6, 6.07) is 3.26. The quantitative estimate of drug-likeness (QED) is 0.801. The second-order valence-corrected chi connectivity index (χ2v) is 7.96. The van der Waals surface area contributed by atoms with E-state index >= 15 is 0 Å². The van der Waals surface area contributed by atoms with Gasteiger partial charge in [0, 0.05) is 26.2 Å². The molecular formula is C17H27N3O4S. The van der Waals surface area contributed by atoms with Gasteiger partial charge in [-0.3, -0.25) is 4.79 Å². The minimum Gasteiger partial charge on any atom is -0.496 e. The smallest absolute Gasteiger partial charge is 0.241 e. The lowest BCUT2D eigenvalue weighted by atomic mass is 10.1. The fraction of sp³-hybridized carbons (Fsp3) is 0.588. The average molecular weight is 369 g/mol. The molecule has 2 rings (SSSR count). The second-order valence-electron chi connectivity index (χ2n) is 6.23. The minimum atomic E-state index is -3.75. The number of rotatable bonds is 6. The van der Waals surface area contributed by atoms with Crippen molar-refractivity contribution in [3.05, 3.63) is 23.3 Å². The van der Waals surface area contributed by atoms with E-state index in [1.165, 1.54) is 0 Å². The van der Waals surface area contributed by atoms with Gasteiger partial charge in [0.15, 0.2) is 0 Å². The topological polar surface area (TPSA) is 79.0 Å². The molecule has 1 N–H and O–H groups in total.